The van der Waals surface area contributed by atoms with E-state index < -0.39 is 0 Å². The Labute approximate surface area is 117 Å². The van der Waals surface area contributed by atoms with Gasteiger partial charge in [-0.15, -0.1) is 0 Å². The Morgan fingerprint density at radius 3 is 2.25 bits per heavy atom. The van der Waals surface area contributed by atoms with Crippen molar-refractivity contribution in [2.24, 2.45) is 0 Å². The van der Waals surface area contributed by atoms with Crippen LogP contribution in [0.4, 0.5) is 0 Å². The van der Waals surface area contributed by atoms with Crippen LogP contribution in [-0.2, 0) is 0 Å². The summed E-state index contributed by atoms with van der Waals surface area (Å²) in [5, 5.41) is 0.733. The zero-order valence-corrected chi connectivity index (χ0v) is 12.3. The van der Waals surface area contributed by atoms with Crippen LogP contribution in [0.3, 0.4) is 0 Å². The first-order chi connectivity index (χ1) is 7.68. The summed E-state index contributed by atoms with van der Waals surface area (Å²) in [6.07, 6.45) is 0. The largest absolute Gasteiger partial charge is 0.0831 e. The van der Waals surface area contributed by atoms with E-state index >= 15 is 0 Å². The molecule has 0 aliphatic rings. The average Bonchev–Trinajstić information content (AvgIpc) is 2.33. The van der Waals surface area contributed by atoms with Gasteiger partial charge in [-0.3, -0.25) is 0 Å². The van der Waals surface area contributed by atoms with Crippen LogP contribution in [-0.4, -0.2) is 0 Å². The highest BCUT2D eigenvalue weighted by Gasteiger charge is 2.10. The molecule has 3 heteroatoms. The molecule has 0 radical (unpaired) electrons. The molecule has 0 amide bonds. The number of alkyl halides is 1. The van der Waals surface area contributed by atoms with Gasteiger partial charge in [-0.25, -0.2) is 0 Å². The number of rotatable bonds is 2. The zero-order valence-electron chi connectivity index (χ0n) is 8.33. The minimum atomic E-state index is 0.197. The van der Waals surface area contributed by atoms with Gasteiger partial charge in [0.25, 0.3) is 0 Å². The van der Waals surface area contributed by atoms with Gasteiger partial charge in [0.2, 0.25) is 0 Å². The predicted octanol–water partition coefficient (Wildman–Crippen LogP) is 5.59. The van der Waals surface area contributed by atoms with Gasteiger partial charge in [-0.1, -0.05) is 63.9 Å². The van der Waals surface area contributed by atoms with E-state index in [1.807, 2.05) is 36.4 Å². The Morgan fingerprint density at radius 1 is 0.938 bits per heavy atom. The number of hydrogen-bond acceptors (Lipinski definition) is 0. The second kappa shape index (κ2) is 5.35. The van der Waals surface area contributed by atoms with E-state index in [-0.39, 0.29) is 4.83 Å². The van der Waals surface area contributed by atoms with Crippen LogP contribution in [0.2, 0.25) is 5.02 Å². The quantitative estimate of drug-likeness (QED) is 0.613. The third-order valence-electron chi connectivity index (χ3n) is 2.33. The first-order valence-corrected chi connectivity index (χ1v) is 6.91. The second-order valence-corrected chi connectivity index (χ2v) is 5.62. The van der Waals surface area contributed by atoms with Gasteiger partial charge in [0.1, 0.15) is 0 Å². The van der Waals surface area contributed by atoms with Crippen LogP contribution in [0.25, 0.3) is 0 Å². The number of hydrogen-bond donors (Lipinski definition) is 0. The lowest BCUT2D eigenvalue weighted by atomic mass is 10.1. The molecule has 0 N–H and O–H groups in total. The van der Waals surface area contributed by atoms with Crippen molar-refractivity contribution in [2.75, 3.05) is 0 Å². The first kappa shape index (κ1) is 12.2. The minimum absolute atomic E-state index is 0.197. The summed E-state index contributed by atoms with van der Waals surface area (Å²) in [4.78, 5) is 0.197. The van der Waals surface area contributed by atoms with Crippen LogP contribution in [0.15, 0.2) is 53.0 Å². The molecule has 16 heavy (non-hydrogen) atoms. The van der Waals surface area contributed by atoms with Crippen molar-refractivity contribution >= 4 is 43.5 Å². The number of benzene rings is 2. The highest BCUT2D eigenvalue weighted by Crippen LogP contribution is 2.34. The fourth-order valence-corrected chi connectivity index (χ4v) is 2.59. The summed E-state index contributed by atoms with van der Waals surface area (Å²) in [6, 6.07) is 16.3. The van der Waals surface area contributed by atoms with Gasteiger partial charge < -0.3 is 0 Å². The van der Waals surface area contributed by atoms with E-state index in [0.717, 1.165) is 9.50 Å². The minimum Gasteiger partial charge on any atom is -0.0831 e. The molecule has 0 spiro atoms. The molecule has 0 aromatic heterocycles. The molecule has 0 aliphatic carbocycles. The Balaban J connectivity index is 2.34. The summed E-state index contributed by atoms with van der Waals surface area (Å²) >= 11 is 13.1. The fourth-order valence-electron chi connectivity index (χ4n) is 1.48. The molecule has 0 bridgehead atoms. The summed E-state index contributed by atoms with van der Waals surface area (Å²) in [7, 11) is 0. The average molecular weight is 360 g/mol. The molecule has 2 aromatic rings. The topological polar surface area (TPSA) is 0 Å². The second-order valence-electron chi connectivity index (χ2n) is 3.45. The lowest BCUT2D eigenvalue weighted by Crippen LogP contribution is -1.92. The van der Waals surface area contributed by atoms with Gasteiger partial charge >= 0.3 is 0 Å². The smallest absolute Gasteiger partial charge is 0.0645 e. The maximum absolute atomic E-state index is 5.97. The highest BCUT2D eigenvalue weighted by molar-refractivity contribution is 9.10. The monoisotopic (exact) mass is 358 g/mol. The van der Waals surface area contributed by atoms with E-state index in [1.165, 1.54) is 11.1 Å². The fraction of sp³-hybridized carbons (Fsp3) is 0.0769. The molecule has 2 rings (SSSR count). The molecule has 0 nitrogen and oxygen atoms in total. The first-order valence-electron chi connectivity index (χ1n) is 4.82. The Kier molecular flexibility index (Phi) is 4.06. The maximum Gasteiger partial charge on any atom is 0.0645 e. The summed E-state index contributed by atoms with van der Waals surface area (Å²) in [6.45, 7) is 0. The molecular formula is C13H9Br2Cl. The van der Waals surface area contributed by atoms with Gasteiger partial charge in [0.05, 0.1) is 9.85 Å². The van der Waals surface area contributed by atoms with Crippen LogP contribution >= 0.6 is 43.5 Å². The zero-order chi connectivity index (χ0) is 11.5. The van der Waals surface area contributed by atoms with Gasteiger partial charge in [0, 0.05) is 4.47 Å². The van der Waals surface area contributed by atoms with Crippen LogP contribution in [0.5, 0.6) is 0 Å². The van der Waals surface area contributed by atoms with Crippen LogP contribution < -0.4 is 0 Å². The van der Waals surface area contributed by atoms with Crippen molar-refractivity contribution in [3.63, 3.8) is 0 Å². The third kappa shape index (κ3) is 2.68. The van der Waals surface area contributed by atoms with Crippen molar-refractivity contribution in [1.82, 2.24) is 0 Å². The van der Waals surface area contributed by atoms with Crippen molar-refractivity contribution in [2.45, 2.75) is 4.83 Å². The van der Waals surface area contributed by atoms with E-state index in [0.29, 0.717) is 0 Å². The van der Waals surface area contributed by atoms with Crippen molar-refractivity contribution in [1.29, 1.82) is 0 Å². The maximum atomic E-state index is 5.97. The molecule has 82 valence electrons. The van der Waals surface area contributed by atoms with Crippen molar-refractivity contribution in [3.05, 3.63) is 69.2 Å². The van der Waals surface area contributed by atoms with Crippen LogP contribution in [0.1, 0.15) is 16.0 Å². The molecule has 0 fully saturated rings. The molecule has 0 heterocycles. The summed E-state index contributed by atoms with van der Waals surface area (Å²) in [5.74, 6) is 0. The van der Waals surface area contributed by atoms with Gasteiger partial charge in [0.15, 0.2) is 0 Å². The highest BCUT2D eigenvalue weighted by atomic mass is 79.9. The molecule has 2 aromatic carbocycles. The predicted molar refractivity (Wildman–Crippen MR) is 76.4 cm³/mol. The van der Waals surface area contributed by atoms with E-state index in [4.69, 9.17) is 11.6 Å². The Hall–Kier alpha value is -0.310. The molecule has 0 saturated heterocycles. The van der Waals surface area contributed by atoms with Gasteiger partial charge in [-0.05, 0) is 39.2 Å². The lowest BCUT2D eigenvalue weighted by molar-refractivity contribution is 1.17. The molecule has 0 saturated carbocycles. The Morgan fingerprint density at radius 2 is 1.62 bits per heavy atom. The van der Waals surface area contributed by atoms with Crippen LogP contribution in [0, 0.1) is 0 Å². The van der Waals surface area contributed by atoms with Gasteiger partial charge in [-0.2, -0.15) is 0 Å². The summed E-state index contributed by atoms with van der Waals surface area (Å²) < 4.78 is 0.923. The molecule has 1 atom stereocenters. The number of halogens is 3. The molecule has 0 aliphatic heterocycles. The van der Waals surface area contributed by atoms with E-state index in [2.05, 4.69) is 44.0 Å². The Bertz CT molecular complexity index is 483. The normalized spacial score (nSPS) is 12.4. The van der Waals surface area contributed by atoms with E-state index in [1.54, 1.807) is 0 Å². The SMILES string of the molecule is Clc1ccc(C(Br)c2ccccc2)cc1Br. The standard InChI is InChI=1S/C13H9Br2Cl/c14-11-8-10(6-7-12(11)16)13(15)9-4-2-1-3-5-9/h1-8,13H. The van der Waals surface area contributed by atoms with Crippen molar-refractivity contribution in [3.8, 4) is 0 Å². The third-order valence-corrected chi connectivity index (χ3v) is 4.60. The summed E-state index contributed by atoms with van der Waals surface area (Å²) in [5.41, 5.74) is 2.42. The van der Waals surface area contributed by atoms with E-state index in [9.17, 15) is 0 Å². The lowest BCUT2D eigenvalue weighted by Gasteiger charge is -2.11. The molecular weight excluding hydrogens is 351 g/mol. The van der Waals surface area contributed by atoms with Crippen molar-refractivity contribution < 1.29 is 0 Å². The molecule has 1 unspecified atom stereocenters.